The monoisotopic (exact) mass is 417 g/mol. The molecular formula is C20H13Cl2NO5. The summed E-state index contributed by atoms with van der Waals surface area (Å²) in [6.45, 7) is 1.10. The molecule has 1 aliphatic heterocycles. The molecule has 0 saturated carbocycles. The van der Waals surface area contributed by atoms with Crippen LogP contribution in [-0.2, 0) is 24.8 Å². The lowest BCUT2D eigenvalue weighted by atomic mass is 9.52. The maximum Gasteiger partial charge on any atom is 0.330 e. The number of hydroxylamine groups is 2. The van der Waals surface area contributed by atoms with Gasteiger partial charge < -0.3 is 9.94 Å². The van der Waals surface area contributed by atoms with Crippen LogP contribution in [0.3, 0.4) is 0 Å². The van der Waals surface area contributed by atoms with Crippen molar-refractivity contribution in [3.63, 3.8) is 0 Å². The lowest BCUT2D eigenvalue weighted by Crippen LogP contribution is -2.54. The van der Waals surface area contributed by atoms with Gasteiger partial charge in [0.15, 0.2) is 0 Å². The summed E-state index contributed by atoms with van der Waals surface area (Å²) in [5.41, 5.74) is 0.153. The van der Waals surface area contributed by atoms with Crippen LogP contribution < -0.4 is 0 Å². The van der Waals surface area contributed by atoms with Crippen molar-refractivity contribution in [2.45, 2.75) is 18.4 Å². The van der Waals surface area contributed by atoms with E-state index in [1.54, 1.807) is 36.4 Å². The standard InChI is InChI=1S/C20H13Cl2NO5/c1-8(24)28-23-18(25)14-13-9-4-2-6-11(21)15(9)20(27,17(14)19(23)26)16-10(13)5-3-7-12(16)22/h2-7,13-14,17,27H,1H3. The maximum absolute atomic E-state index is 13.1. The normalized spacial score (nSPS) is 29.4. The van der Waals surface area contributed by atoms with Gasteiger partial charge in [-0.05, 0) is 23.3 Å². The summed E-state index contributed by atoms with van der Waals surface area (Å²) < 4.78 is 0. The van der Waals surface area contributed by atoms with Crippen molar-refractivity contribution in [2.24, 2.45) is 11.8 Å². The summed E-state index contributed by atoms with van der Waals surface area (Å²) in [6.07, 6.45) is 0. The van der Waals surface area contributed by atoms with E-state index in [0.717, 1.165) is 6.92 Å². The van der Waals surface area contributed by atoms with Crippen molar-refractivity contribution in [3.8, 4) is 0 Å². The third kappa shape index (κ3) is 1.90. The molecular weight excluding hydrogens is 405 g/mol. The fourth-order valence-corrected chi connectivity index (χ4v) is 5.71. The number of benzene rings is 2. The molecule has 3 aliphatic carbocycles. The molecule has 0 radical (unpaired) electrons. The van der Waals surface area contributed by atoms with Crippen LogP contribution in [0.25, 0.3) is 0 Å². The van der Waals surface area contributed by atoms with Gasteiger partial charge in [0, 0.05) is 34.0 Å². The van der Waals surface area contributed by atoms with Crippen LogP contribution in [0.15, 0.2) is 36.4 Å². The second-order valence-electron chi connectivity index (χ2n) is 7.21. The third-order valence-electron chi connectivity index (χ3n) is 5.86. The van der Waals surface area contributed by atoms with Crippen LogP contribution in [0.5, 0.6) is 0 Å². The minimum atomic E-state index is -1.91. The van der Waals surface area contributed by atoms with Crippen molar-refractivity contribution in [1.82, 2.24) is 5.06 Å². The van der Waals surface area contributed by atoms with Crippen LogP contribution in [0.1, 0.15) is 35.1 Å². The van der Waals surface area contributed by atoms with Crippen LogP contribution in [-0.4, -0.2) is 28.0 Å². The van der Waals surface area contributed by atoms with Gasteiger partial charge in [-0.25, -0.2) is 4.79 Å². The molecule has 2 unspecified atom stereocenters. The Morgan fingerprint density at radius 1 is 1.04 bits per heavy atom. The van der Waals surface area contributed by atoms with Gasteiger partial charge in [-0.3, -0.25) is 9.59 Å². The molecule has 2 bridgehead atoms. The third-order valence-corrected chi connectivity index (χ3v) is 6.49. The highest BCUT2D eigenvalue weighted by molar-refractivity contribution is 6.33. The molecule has 1 heterocycles. The molecule has 1 saturated heterocycles. The van der Waals surface area contributed by atoms with Crippen molar-refractivity contribution in [1.29, 1.82) is 0 Å². The number of hydrogen-bond donors (Lipinski definition) is 1. The van der Waals surface area contributed by atoms with Crippen molar-refractivity contribution < 1.29 is 24.3 Å². The van der Waals surface area contributed by atoms with E-state index in [4.69, 9.17) is 28.0 Å². The molecule has 2 aromatic rings. The number of rotatable bonds is 1. The number of hydrogen-bond acceptors (Lipinski definition) is 5. The van der Waals surface area contributed by atoms with E-state index < -0.39 is 41.1 Å². The van der Waals surface area contributed by atoms with Gasteiger partial charge in [-0.2, -0.15) is 0 Å². The maximum atomic E-state index is 13.1. The van der Waals surface area contributed by atoms with E-state index in [9.17, 15) is 19.5 Å². The second kappa shape index (κ2) is 5.56. The van der Waals surface area contributed by atoms with E-state index in [1.807, 2.05) is 0 Å². The highest BCUT2D eigenvalue weighted by atomic mass is 35.5. The summed E-state index contributed by atoms with van der Waals surface area (Å²) in [4.78, 5) is 42.5. The lowest BCUT2D eigenvalue weighted by Gasteiger charge is -2.51. The number of aliphatic hydroxyl groups is 1. The first-order valence-corrected chi connectivity index (χ1v) is 9.40. The second-order valence-corrected chi connectivity index (χ2v) is 8.02. The van der Waals surface area contributed by atoms with Crippen LogP contribution in [0, 0.1) is 11.8 Å². The van der Waals surface area contributed by atoms with Crippen molar-refractivity contribution in [3.05, 3.63) is 68.7 Å². The molecule has 28 heavy (non-hydrogen) atoms. The van der Waals surface area contributed by atoms with Crippen LogP contribution in [0.2, 0.25) is 10.0 Å². The fraction of sp³-hybridized carbons (Fsp3) is 0.250. The van der Waals surface area contributed by atoms with Crippen molar-refractivity contribution in [2.75, 3.05) is 0 Å². The van der Waals surface area contributed by atoms with Gasteiger partial charge >= 0.3 is 5.97 Å². The smallest absolute Gasteiger partial charge is 0.330 e. The topological polar surface area (TPSA) is 83.9 Å². The van der Waals surface area contributed by atoms with E-state index in [-0.39, 0.29) is 10.0 Å². The lowest BCUT2D eigenvalue weighted by molar-refractivity contribution is -0.197. The average Bonchev–Trinajstić information content (AvgIpc) is 2.88. The zero-order valence-electron chi connectivity index (χ0n) is 14.5. The first-order valence-electron chi connectivity index (χ1n) is 8.65. The van der Waals surface area contributed by atoms with Crippen LogP contribution >= 0.6 is 23.2 Å². The average molecular weight is 418 g/mol. The summed E-state index contributed by atoms with van der Waals surface area (Å²) in [7, 11) is 0. The predicted molar refractivity (Wildman–Crippen MR) is 98.3 cm³/mol. The Morgan fingerprint density at radius 2 is 1.57 bits per heavy atom. The molecule has 2 amide bonds. The van der Waals surface area contributed by atoms with Gasteiger partial charge in [0.05, 0.1) is 11.8 Å². The Labute approximate surface area is 169 Å². The first kappa shape index (κ1) is 17.7. The number of halogens is 2. The molecule has 1 N–H and O–H groups in total. The van der Waals surface area contributed by atoms with Gasteiger partial charge in [0.2, 0.25) is 0 Å². The number of nitrogens with zero attached hydrogens (tertiary/aromatic N) is 1. The minimum absolute atomic E-state index is 0.278. The summed E-state index contributed by atoms with van der Waals surface area (Å²) in [5.74, 6) is -4.90. The highest BCUT2D eigenvalue weighted by Gasteiger charge is 2.70. The van der Waals surface area contributed by atoms with Gasteiger partial charge in [-0.1, -0.05) is 47.5 Å². The molecule has 0 spiro atoms. The number of amides is 2. The molecule has 6 nitrogen and oxygen atoms in total. The van der Waals surface area contributed by atoms with Gasteiger partial charge in [0.25, 0.3) is 11.8 Å². The van der Waals surface area contributed by atoms with Gasteiger partial charge in [0.1, 0.15) is 5.60 Å². The molecule has 4 aliphatic rings. The van der Waals surface area contributed by atoms with Gasteiger partial charge in [-0.15, -0.1) is 5.06 Å². The predicted octanol–water partition coefficient (Wildman–Crippen LogP) is 2.77. The zero-order valence-corrected chi connectivity index (χ0v) is 16.0. The quantitative estimate of drug-likeness (QED) is 0.721. The molecule has 2 aromatic carbocycles. The van der Waals surface area contributed by atoms with E-state index in [2.05, 4.69) is 0 Å². The number of imide groups is 1. The molecule has 8 heteroatoms. The Balaban J connectivity index is 1.85. The fourth-order valence-electron chi connectivity index (χ4n) is 5.05. The molecule has 1 fully saturated rings. The zero-order chi connectivity index (χ0) is 20.0. The van der Waals surface area contributed by atoms with Crippen molar-refractivity contribution >= 4 is 41.0 Å². The Bertz CT molecular complexity index is 1040. The Morgan fingerprint density at radius 3 is 2.07 bits per heavy atom. The molecule has 0 aromatic heterocycles. The molecule has 2 atom stereocenters. The summed E-state index contributed by atoms with van der Waals surface area (Å²) >= 11 is 12.9. The Hall–Kier alpha value is -2.41. The number of carbonyl (C=O) groups excluding carboxylic acids is 3. The molecule has 142 valence electrons. The molecule has 6 rings (SSSR count). The minimum Gasteiger partial charge on any atom is -0.379 e. The van der Waals surface area contributed by atoms with E-state index in [1.165, 1.54) is 0 Å². The van der Waals surface area contributed by atoms with Crippen LogP contribution in [0.4, 0.5) is 0 Å². The summed E-state index contributed by atoms with van der Waals surface area (Å²) in [6, 6.07) is 10.3. The largest absolute Gasteiger partial charge is 0.379 e. The van der Waals surface area contributed by atoms with E-state index >= 15 is 0 Å². The number of carbonyl (C=O) groups is 3. The highest BCUT2D eigenvalue weighted by Crippen LogP contribution is 2.65. The first-order chi connectivity index (χ1) is 13.3. The summed E-state index contributed by atoms with van der Waals surface area (Å²) in [5, 5.41) is 13.0. The Kier molecular flexibility index (Phi) is 3.51. The van der Waals surface area contributed by atoms with E-state index in [0.29, 0.717) is 27.3 Å². The SMILES string of the molecule is CC(=O)ON1C(=O)C2C3c4cccc(Cl)c4C(O)(c4c(Cl)cccc43)C2C1=O.